The monoisotopic (exact) mass is 188 g/mol. The van der Waals surface area contributed by atoms with Crippen LogP contribution in [-0.2, 0) is 4.74 Å². The van der Waals surface area contributed by atoms with Crippen LogP contribution in [0.1, 0.15) is 6.42 Å². The molecule has 70 valence electrons. The van der Waals surface area contributed by atoms with E-state index in [1.54, 1.807) is 6.08 Å². The van der Waals surface area contributed by atoms with Gasteiger partial charge in [-0.25, -0.2) is 4.79 Å². The van der Waals surface area contributed by atoms with Crippen LogP contribution in [0.3, 0.4) is 0 Å². The van der Waals surface area contributed by atoms with E-state index in [9.17, 15) is 4.79 Å². The largest absolute Gasteiger partial charge is 0.510 e. The number of carboxylic acid groups (broad SMARTS) is 1. The summed E-state index contributed by atoms with van der Waals surface area (Å²) in [5.74, 6) is 0. The molecule has 0 aliphatic carbocycles. The molecule has 0 aliphatic heterocycles. The third-order valence-electron chi connectivity index (χ3n) is 1.33. The van der Waals surface area contributed by atoms with Crippen molar-refractivity contribution in [3.8, 4) is 0 Å². The molecule has 0 amide bonds. The third kappa shape index (κ3) is 9.23. The van der Waals surface area contributed by atoms with E-state index in [-0.39, 0.29) is 0 Å². The number of ether oxygens (including phenoxy) is 1. The summed E-state index contributed by atoms with van der Waals surface area (Å²) in [6, 6.07) is 1.16. The van der Waals surface area contributed by atoms with Gasteiger partial charge in [0.05, 0.1) is 6.26 Å². The summed E-state index contributed by atoms with van der Waals surface area (Å²) >= 11 is 0. The van der Waals surface area contributed by atoms with Crippen LogP contribution in [0.5, 0.6) is 0 Å². The van der Waals surface area contributed by atoms with Crippen molar-refractivity contribution in [2.24, 2.45) is 0 Å². The minimum atomic E-state index is -1.25. The molecule has 0 aromatic rings. The Balaban J connectivity index is 3.43. The highest BCUT2D eigenvalue weighted by Crippen LogP contribution is 2.10. The predicted octanol–water partition coefficient (Wildman–Crippen LogP) is 2.92. The molecule has 0 rings (SSSR count). The fraction of sp³-hybridized carbons (Fsp3) is 0.625. The number of allylic oxidation sites excluding steroid dienone is 1. The van der Waals surface area contributed by atoms with Gasteiger partial charge in [-0.3, -0.25) is 0 Å². The van der Waals surface area contributed by atoms with Gasteiger partial charge in [0.25, 0.3) is 0 Å². The number of rotatable bonds is 4. The summed E-state index contributed by atoms with van der Waals surface area (Å²) in [5, 5.41) is 8.11. The summed E-state index contributed by atoms with van der Waals surface area (Å²) in [5.41, 5.74) is 0. The first kappa shape index (κ1) is 11.2. The van der Waals surface area contributed by atoms with Crippen molar-refractivity contribution in [2.45, 2.75) is 32.1 Å². The van der Waals surface area contributed by atoms with Gasteiger partial charge in [0.15, 0.2) is 0 Å². The van der Waals surface area contributed by atoms with Gasteiger partial charge < -0.3 is 9.84 Å². The second kappa shape index (κ2) is 4.98. The molecule has 0 fully saturated rings. The maximum Gasteiger partial charge on any atom is 0.510 e. The fourth-order valence-electron chi connectivity index (χ4n) is 0.691. The van der Waals surface area contributed by atoms with Gasteiger partial charge in [-0.2, -0.15) is 0 Å². The standard InChI is InChI=1S/C8H16O3Si/c1-12(2,3)7-5-4-6-11-8(9)10/h4,6H,5,7H2,1-3H3,(H,9,10). The fourth-order valence-corrected chi connectivity index (χ4v) is 1.72. The molecule has 0 spiro atoms. The quantitative estimate of drug-likeness (QED) is 0.419. The number of carbonyl (C=O) groups is 1. The molecule has 1 N–H and O–H groups in total. The molecule has 0 aromatic heterocycles. The molecule has 0 saturated heterocycles. The molecule has 0 saturated carbocycles. The highest BCUT2D eigenvalue weighted by molar-refractivity contribution is 6.76. The zero-order valence-electron chi connectivity index (χ0n) is 7.83. The summed E-state index contributed by atoms with van der Waals surface area (Å²) in [6.07, 6.45) is 2.65. The van der Waals surface area contributed by atoms with Gasteiger partial charge in [-0.05, 0) is 12.5 Å². The number of hydrogen-bond donors (Lipinski definition) is 1. The third-order valence-corrected chi connectivity index (χ3v) is 3.11. The first-order valence-corrected chi connectivity index (χ1v) is 7.67. The Bertz CT molecular complexity index is 170. The summed E-state index contributed by atoms with van der Waals surface area (Å²) in [6.45, 7) is 6.83. The molecule has 3 nitrogen and oxygen atoms in total. The molecule has 0 aliphatic rings. The van der Waals surface area contributed by atoms with Crippen molar-refractivity contribution >= 4 is 14.2 Å². The molecular formula is C8H16O3Si. The Kier molecular flexibility index (Phi) is 4.66. The van der Waals surface area contributed by atoms with Crippen molar-refractivity contribution in [3.05, 3.63) is 12.3 Å². The van der Waals surface area contributed by atoms with E-state index >= 15 is 0 Å². The summed E-state index contributed by atoms with van der Waals surface area (Å²) in [7, 11) is -0.989. The zero-order chi connectivity index (χ0) is 9.61. The minimum Gasteiger partial charge on any atom is -0.449 e. The van der Waals surface area contributed by atoms with Gasteiger partial charge >= 0.3 is 6.16 Å². The second-order valence-electron chi connectivity index (χ2n) is 3.85. The van der Waals surface area contributed by atoms with Crippen LogP contribution in [0.25, 0.3) is 0 Å². The number of hydrogen-bond acceptors (Lipinski definition) is 2. The molecule has 0 atom stereocenters. The Labute approximate surface area is 74.1 Å². The van der Waals surface area contributed by atoms with Gasteiger partial charge in [0, 0.05) is 8.07 Å². The maximum absolute atomic E-state index is 9.89. The molecular weight excluding hydrogens is 172 g/mol. The van der Waals surface area contributed by atoms with Gasteiger partial charge in [0.2, 0.25) is 0 Å². The van der Waals surface area contributed by atoms with Crippen LogP contribution in [0.15, 0.2) is 12.3 Å². The van der Waals surface area contributed by atoms with Crippen molar-refractivity contribution in [1.82, 2.24) is 0 Å². The highest BCUT2D eigenvalue weighted by Gasteiger charge is 2.10. The van der Waals surface area contributed by atoms with Crippen LogP contribution in [0.4, 0.5) is 4.79 Å². The van der Waals surface area contributed by atoms with E-state index in [1.165, 1.54) is 6.26 Å². The van der Waals surface area contributed by atoms with E-state index < -0.39 is 14.2 Å². The van der Waals surface area contributed by atoms with Crippen LogP contribution in [0.2, 0.25) is 25.7 Å². The lowest BCUT2D eigenvalue weighted by Crippen LogP contribution is -2.18. The van der Waals surface area contributed by atoms with Crippen LogP contribution in [0, 0.1) is 0 Å². The first-order chi connectivity index (χ1) is 5.42. The summed E-state index contributed by atoms with van der Waals surface area (Å²) < 4.78 is 4.21. The van der Waals surface area contributed by atoms with Gasteiger partial charge in [0.1, 0.15) is 0 Å². The van der Waals surface area contributed by atoms with Crippen LogP contribution >= 0.6 is 0 Å². The lowest BCUT2D eigenvalue weighted by Gasteiger charge is -2.12. The highest BCUT2D eigenvalue weighted by atomic mass is 28.3. The molecule has 0 bridgehead atoms. The zero-order valence-corrected chi connectivity index (χ0v) is 8.83. The normalized spacial score (nSPS) is 11.9. The van der Waals surface area contributed by atoms with Crippen molar-refractivity contribution in [3.63, 3.8) is 0 Å². The predicted molar refractivity (Wildman–Crippen MR) is 51.0 cm³/mol. The van der Waals surface area contributed by atoms with Crippen LogP contribution < -0.4 is 0 Å². The summed E-state index contributed by atoms with van der Waals surface area (Å²) in [4.78, 5) is 9.89. The lowest BCUT2D eigenvalue weighted by molar-refractivity contribution is 0.128. The van der Waals surface area contributed by atoms with Crippen molar-refractivity contribution in [1.29, 1.82) is 0 Å². The first-order valence-electron chi connectivity index (χ1n) is 3.96. The van der Waals surface area contributed by atoms with Crippen molar-refractivity contribution in [2.75, 3.05) is 0 Å². The van der Waals surface area contributed by atoms with E-state index in [0.717, 1.165) is 12.5 Å². The Morgan fingerprint density at radius 2 is 2.08 bits per heavy atom. The Hall–Kier alpha value is -0.773. The molecule has 4 heteroatoms. The average Bonchev–Trinajstić information content (AvgIpc) is 1.83. The minimum absolute atomic E-state index is 0.906. The topological polar surface area (TPSA) is 46.5 Å². The maximum atomic E-state index is 9.89. The van der Waals surface area contributed by atoms with Crippen LogP contribution in [-0.4, -0.2) is 19.3 Å². The average molecular weight is 188 g/mol. The molecule has 0 aromatic carbocycles. The Morgan fingerprint density at radius 3 is 2.50 bits per heavy atom. The molecule has 0 heterocycles. The SMILES string of the molecule is C[Si](C)(C)CCC=COC(=O)O. The second-order valence-corrected chi connectivity index (χ2v) is 9.48. The van der Waals surface area contributed by atoms with Crippen molar-refractivity contribution < 1.29 is 14.6 Å². The van der Waals surface area contributed by atoms with Gasteiger partial charge in [-0.1, -0.05) is 25.7 Å². The van der Waals surface area contributed by atoms with E-state index in [0.29, 0.717) is 0 Å². The smallest absolute Gasteiger partial charge is 0.449 e. The molecule has 0 radical (unpaired) electrons. The lowest BCUT2D eigenvalue weighted by atomic mass is 10.5. The Morgan fingerprint density at radius 1 is 1.50 bits per heavy atom. The molecule has 0 unspecified atom stereocenters. The van der Waals surface area contributed by atoms with E-state index in [1.807, 2.05) is 0 Å². The van der Waals surface area contributed by atoms with Gasteiger partial charge in [-0.15, -0.1) is 0 Å². The van der Waals surface area contributed by atoms with E-state index in [2.05, 4.69) is 24.4 Å². The molecule has 12 heavy (non-hydrogen) atoms. The van der Waals surface area contributed by atoms with E-state index in [4.69, 9.17) is 5.11 Å².